The van der Waals surface area contributed by atoms with E-state index in [-0.39, 0.29) is 71.7 Å². The van der Waals surface area contributed by atoms with Crippen molar-refractivity contribution in [2.75, 3.05) is 33.8 Å². The number of aliphatic carboxylic acids is 1. The maximum Gasteiger partial charge on any atom is 0.353 e. The second-order valence-corrected chi connectivity index (χ2v) is 28.8. The van der Waals surface area contributed by atoms with E-state index in [0.29, 0.717) is 101 Å². The molecule has 2 amide bonds. The number of nitrogens with one attached hydrogen (secondary N) is 1. The smallest absolute Gasteiger partial charge is 0.353 e. The van der Waals surface area contributed by atoms with E-state index in [4.69, 9.17) is 14.2 Å². The Labute approximate surface area is 516 Å². The monoisotopic (exact) mass is 1230 g/mol. The van der Waals surface area contributed by atoms with Crippen molar-refractivity contribution in [2.45, 2.75) is 257 Å². The minimum Gasteiger partial charge on any atom is -0.477 e. The van der Waals surface area contributed by atoms with E-state index in [1.54, 1.807) is 27.9 Å². The highest BCUT2D eigenvalue weighted by Gasteiger charge is 2.61. The molecule has 2 bridgehead atoms. The standard InChI is InChI=1S/C64H102N4O15S.C2H6/c1-33-24-34(2)26-43(19-21-63(10,11)67-32-44(30-46(67)47(70)20-22-65-12)84-57-40(8)53-52(41(9)69)59(75)68(53)54(57)61(77)78)50(73)31-49(72)39(7)56(37(5)28-42-17-18-48(71)51(29-42)81-13)82-62(79)45-16-14-15-23-66(45)60(76)58(74)64(80)38(6)27-36(4)55(83-64)35(3)25-33;1-2/h26,28,33,35-36,38-49,51-53,55-56,65,69-72,80H,14-25,27,29-32H2,1-13H3,(H,77,78);1-2H3/b34-26+,37-28+;/t33-,35-,36-,38+,39+,40+,41+,42-,43+,44-,45-,46-,47+,48+,49-,51+,52+,53+,55+,56+,64+;/m0./s1. The van der Waals surface area contributed by atoms with E-state index < -0.39 is 119 Å². The second kappa shape index (κ2) is 30.5. The molecule has 1 aliphatic carbocycles. The number of aliphatic hydroxyl groups is 5. The number of fused-ring (bicyclic) bond motifs is 4. The van der Waals surface area contributed by atoms with Gasteiger partial charge in [0.05, 0.1) is 48.6 Å². The molecule has 0 aromatic carbocycles. The molecule has 7 N–H and O–H groups in total. The number of likely N-dealkylation sites (tertiary alicyclic amines) is 1. The summed E-state index contributed by atoms with van der Waals surface area (Å²) in [5, 5.41) is 71.2. The number of rotatable bonds is 15. The first-order chi connectivity index (χ1) is 40.4. The normalized spacial score (nSPS) is 39.0. The van der Waals surface area contributed by atoms with Gasteiger partial charge in [-0.25, -0.2) is 9.59 Å². The van der Waals surface area contributed by atoms with Gasteiger partial charge in [-0.3, -0.25) is 24.1 Å². The number of aliphatic hydroxyl groups excluding tert-OH is 4. The Bertz CT molecular complexity index is 2490. The number of carboxylic acid groups (broad SMARTS) is 1. The van der Waals surface area contributed by atoms with Crippen LogP contribution in [0.25, 0.3) is 0 Å². The molecule has 7 rings (SSSR count). The van der Waals surface area contributed by atoms with Crippen LogP contribution in [0.2, 0.25) is 0 Å². The Kier molecular flexibility index (Phi) is 25.4. The fraction of sp³-hybridized carbons (Fsp3) is 0.818. The molecule has 0 unspecified atom stereocenters. The number of carbonyl (C=O) groups excluding carboxylic acids is 5. The maximum absolute atomic E-state index is 15.2. The highest BCUT2D eigenvalue weighted by atomic mass is 32.2. The molecule has 5 fully saturated rings. The van der Waals surface area contributed by atoms with E-state index in [1.807, 2.05) is 67.7 Å². The van der Waals surface area contributed by atoms with Crippen LogP contribution in [-0.4, -0.2) is 192 Å². The molecule has 0 aromatic heterocycles. The first kappa shape index (κ1) is 71.5. The van der Waals surface area contributed by atoms with Gasteiger partial charge >= 0.3 is 11.9 Å². The third kappa shape index (κ3) is 15.8. The number of piperidine rings is 1. The van der Waals surface area contributed by atoms with Crippen LogP contribution in [0.4, 0.5) is 0 Å². The third-order valence-electron chi connectivity index (χ3n) is 20.4. The van der Waals surface area contributed by atoms with Gasteiger partial charge in [-0.2, -0.15) is 0 Å². The molecule has 20 heteroatoms. The number of esters is 1. The summed E-state index contributed by atoms with van der Waals surface area (Å²) in [6.07, 6.45) is 4.50. The summed E-state index contributed by atoms with van der Waals surface area (Å²) >= 11 is 1.44. The Morgan fingerprint density at radius 1 is 0.953 bits per heavy atom. The highest BCUT2D eigenvalue weighted by Crippen LogP contribution is 2.53. The Hall–Kier alpha value is -3.57. The topological polar surface area (TPSA) is 273 Å². The lowest BCUT2D eigenvalue weighted by atomic mass is 9.76. The number of carboxylic acids is 1. The van der Waals surface area contributed by atoms with Crippen LogP contribution in [0.1, 0.15) is 180 Å². The zero-order chi connectivity index (χ0) is 64.0. The number of ether oxygens (including phenoxy) is 3. The van der Waals surface area contributed by atoms with Gasteiger partial charge in [0, 0.05) is 72.0 Å². The summed E-state index contributed by atoms with van der Waals surface area (Å²) in [6, 6.07) is -1.96. The molecule has 6 heterocycles. The van der Waals surface area contributed by atoms with Crippen LogP contribution in [0, 0.1) is 53.3 Å². The summed E-state index contributed by atoms with van der Waals surface area (Å²) < 4.78 is 18.5. The summed E-state index contributed by atoms with van der Waals surface area (Å²) in [5.41, 5.74) is 0.918. The first-order valence-corrected chi connectivity index (χ1v) is 33.3. The number of allylic oxidation sites excluding steroid dienone is 3. The van der Waals surface area contributed by atoms with E-state index in [1.165, 1.54) is 21.6 Å². The van der Waals surface area contributed by atoms with Crippen molar-refractivity contribution < 1.29 is 73.6 Å². The van der Waals surface area contributed by atoms with Gasteiger partial charge in [0.2, 0.25) is 11.7 Å². The molecule has 21 atom stereocenters. The number of thioether (sulfide) groups is 1. The fourth-order valence-corrected chi connectivity index (χ4v) is 17.2. The van der Waals surface area contributed by atoms with Gasteiger partial charge in [0.1, 0.15) is 23.6 Å². The first-order valence-electron chi connectivity index (χ1n) is 32.4. The largest absolute Gasteiger partial charge is 0.477 e. The lowest BCUT2D eigenvalue weighted by molar-refractivity contribution is -0.282. The predicted octanol–water partition coefficient (Wildman–Crippen LogP) is 7.19. The van der Waals surface area contributed by atoms with Gasteiger partial charge in [0.25, 0.3) is 11.7 Å². The number of β-lactam (4-membered cyclic amide) rings is 1. The maximum atomic E-state index is 15.2. The molecule has 488 valence electrons. The summed E-state index contributed by atoms with van der Waals surface area (Å²) in [7, 11) is 3.38. The molecule has 0 radical (unpaired) electrons. The average molecular weight is 1230 g/mol. The van der Waals surface area contributed by atoms with Crippen LogP contribution in [-0.2, 0) is 43.0 Å². The molecule has 1 saturated carbocycles. The minimum atomic E-state index is -2.43. The summed E-state index contributed by atoms with van der Waals surface area (Å²) in [4.78, 5) is 90.5. The molecule has 7 aliphatic rings. The van der Waals surface area contributed by atoms with Crippen molar-refractivity contribution in [3.05, 3.63) is 33.9 Å². The van der Waals surface area contributed by atoms with Crippen molar-refractivity contribution in [2.24, 2.45) is 53.3 Å². The number of cyclic esters (lactones) is 1. The lowest BCUT2D eigenvalue weighted by Gasteiger charge is -2.46. The number of amides is 2. The predicted molar refractivity (Wildman–Crippen MR) is 330 cm³/mol. The number of Topliss-reactive ketones (excluding diaryl/α,β-unsaturated/α-hetero) is 2. The fourth-order valence-electron chi connectivity index (χ4n) is 15.6. The third-order valence-corrected chi connectivity index (χ3v) is 21.9. The number of methoxy groups -OCH3 is 1. The van der Waals surface area contributed by atoms with E-state index >= 15 is 4.79 Å². The van der Waals surface area contributed by atoms with Crippen molar-refractivity contribution in [1.29, 1.82) is 0 Å². The SMILES string of the molecule is CC.CNCC[C@@H](O)[C@@H]1C[C@H](SC2=C(C(=O)O)N3C(=O)[C@H]([C@@H](C)O)[C@H]3[C@H]2C)CN1C(C)(C)CC[C@@H]1/C=C(\C)C[C@H](C)C[C@H](C)[C@H]2O[C@@](O)(C(=O)C(=O)N3CCCC[C@H]3C(=O)O[C@H](/C(C)=C/[C@@H]3CC[C@@H](O)[C@H](OC)C3)[C@H](C)[C@@H](O)CC1=O)[C@H](C)C[C@@H]2C. The Balaban J connectivity index is 0.00000585. The molecule has 4 saturated heterocycles. The molecule has 86 heavy (non-hydrogen) atoms. The number of carbonyl (C=O) groups is 6. The molecular formula is C66H108N4O15S. The van der Waals surface area contributed by atoms with Crippen LogP contribution in [0.3, 0.4) is 0 Å². The average Bonchev–Trinajstić information content (AvgIpc) is 1.55. The van der Waals surface area contributed by atoms with Crippen molar-refractivity contribution in [1.82, 2.24) is 20.0 Å². The van der Waals surface area contributed by atoms with Gasteiger partial charge in [0.15, 0.2) is 0 Å². The number of hydrogen-bond donors (Lipinski definition) is 7. The molecular weight excluding hydrogens is 1120 g/mol. The summed E-state index contributed by atoms with van der Waals surface area (Å²) in [6.45, 7) is 26.2. The van der Waals surface area contributed by atoms with E-state index in [9.17, 15) is 54.6 Å². The highest BCUT2D eigenvalue weighted by molar-refractivity contribution is 8.03. The molecule has 6 aliphatic heterocycles. The van der Waals surface area contributed by atoms with Crippen LogP contribution in [0.15, 0.2) is 33.9 Å². The van der Waals surface area contributed by atoms with Gasteiger partial charge in [-0.15, -0.1) is 11.8 Å². The Morgan fingerprint density at radius 3 is 2.27 bits per heavy atom. The molecule has 0 spiro atoms. The Morgan fingerprint density at radius 2 is 1.63 bits per heavy atom. The van der Waals surface area contributed by atoms with E-state index in [2.05, 4.69) is 31.0 Å². The van der Waals surface area contributed by atoms with Crippen molar-refractivity contribution in [3.8, 4) is 0 Å². The van der Waals surface area contributed by atoms with Gasteiger partial charge < -0.3 is 60.0 Å². The summed E-state index contributed by atoms with van der Waals surface area (Å²) in [5.74, 6) is -10.6. The zero-order valence-electron chi connectivity index (χ0n) is 54.3. The van der Waals surface area contributed by atoms with Crippen molar-refractivity contribution >= 4 is 47.1 Å². The lowest BCUT2D eigenvalue weighted by Crippen LogP contribution is -2.63. The second-order valence-electron chi connectivity index (χ2n) is 27.4. The van der Waals surface area contributed by atoms with Gasteiger partial charge in [-0.1, -0.05) is 73.1 Å². The number of ketones is 2. The van der Waals surface area contributed by atoms with Crippen LogP contribution < -0.4 is 5.32 Å². The quantitative estimate of drug-likeness (QED) is 0.0370. The van der Waals surface area contributed by atoms with E-state index in [0.717, 1.165) is 5.57 Å². The van der Waals surface area contributed by atoms with Crippen LogP contribution in [0.5, 0.6) is 0 Å². The van der Waals surface area contributed by atoms with Gasteiger partial charge in [-0.05, 0) is 161 Å². The molecule has 19 nitrogen and oxygen atoms in total. The minimum absolute atomic E-state index is 0.0406. The molecule has 0 aromatic rings. The van der Waals surface area contributed by atoms with Crippen LogP contribution >= 0.6 is 11.8 Å². The number of hydrogen-bond acceptors (Lipinski definition) is 17. The van der Waals surface area contributed by atoms with Crippen molar-refractivity contribution in [3.63, 3.8) is 0 Å². The zero-order valence-corrected chi connectivity index (χ0v) is 55.1. The number of nitrogens with zero attached hydrogens (tertiary/aromatic N) is 3.